The van der Waals surface area contributed by atoms with Gasteiger partial charge in [0.25, 0.3) is 0 Å². The third-order valence-corrected chi connectivity index (χ3v) is 4.72. The van der Waals surface area contributed by atoms with E-state index >= 15 is 0 Å². The van der Waals surface area contributed by atoms with Gasteiger partial charge in [0.1, 0.15) is 0 Å². The lowest BCUT2D eigenvalue weighted by Crippen LogP contribution is -2.58. The van der Waals surface area contributed by atoms with Crippen LogP contribution in [-0.4, -0.2) is 43.3 Å². The summed E-state index contributed by atoms with van der Waals surface area (Å²) in [4.78, 5) is 2.69. The van der Waals surface area contributed by atoms with E-state index in [0.29, 0.717) is 6.10 Å². The molecule has 1 saturated carbocycles. The molecule has 3 heteroatoms. The largest absolute Gasteiger partial charge is 0.381 e. The molecule has 0 saturated heterocycles. The van der Waals surface area contributed by atoms with E-state index in [1.54, 1.807) is 0 Å². The molecule has 0 aliphatic heterocycles. The van der Waals surface area contributed by atoms with E-state index in [1.807, 2.05) is 7.11 Å². The van der Waals surface area contributed by atoms with Crippen LogP contribution < -0.4 is 5.73 Å². The van der Waals surface area contributed by atoms with Crippen molar-refractivity contribution in [3.63, 3.8) is 0 Å². The topological polar surface area (TPSA) is 38.5 Å². The van der Waals surface area contributed by atoms with Crippen molar-refractivity contribution in [3.8, 4) is 0 Å². The number of hydrogen-bond acceptors (Lipinski definition) is 3. The van der Waals surface area contributed by atoms with Crippen LogP contribution in [0.3, 0.4) is 0 Å². The predicted molar refractivity (Wildman–Crippen MR) is 82.4 cm³/mol. The number of hydrogen-bond donors (Lipinski definition) is 1. The van der Waals surface area contributed by atoms with Crippen molar-refractivity contribution < 1.29 is 4.74 Å². The molecule has 1 fully saturated rings. The average Bonchev–Trinajstić information content (AvgIpc) is 2.47. The Morgan fingerprint density at radius 2 is 1.84 bits per heavy atom. The van der Waals surface area contributed by atoms with Crippen LogP contribution in [0.4, 0.5) is 0 Å². The Kier molecular flexibility index (Phi) is 7.96. The second-order valence-corrected chi connectivity index (χ2v) is 6.08. The highest BCUT2D eigenvalue weighted by molar-refractivity contribution is 4.97. The normalized spacial score (nSPS) is 27.9. The average molecular weight is 270 g/mol. The summed E-state index contributed by atoms with van der Waals surface area (Å²) >= 11 is 0. The number of ether oxygens (including phenoxy) is 1. The third-order valence-electron chi connectivity index (χ3n) is 4.72. The number of nitrogens with two attached hydrogens (primary N) is 1. The molecular weight excluding hydrogens is 236 g/mol. The zero-order valence-corrected chi connectivity index (χ0v) is 13.3. The number of unbranched alkanes of at least 4 members (excludes halogenated alkanes) is 2. The number of nitrogens with zero attached hydrogens (tertiary/aromatic N) is 1. The van der Waals surface area contributed by atoms with Crippen molar-refractivity contribution in [2.75, 3.05) is 26.7 Å². The highest BCUT2D eigenvalue weighted by Gasteiger charge is 2.39. The molecule has 0 aromatic heterocycles. The van der Waals surface area contributed by atoms with E-state index in [0.717, 1.165) is 13.0 Å². The highest BCUT2D eigenvalue weighted by Crippen LogP contribution is 2.34. The Morgan fingerprint density at radius 3 is 2.32 bits per heavy atom. The minimum Gasteiger partial charge on any atom is -0.381 e. The standard InChI is InChI=1S/C16H34N2O/c1-4-6-11-18(12-7-5-2)16(14-17)10-8-9-15(13-16)19-3/h15H,4-14,17H2,1-3H3. The molecule has 3 nitrogen and oxygen atoms in total. The van der Waals surface area contributed by atoms with Gasteiger partial charge < -0.3 is 10.5 Å². The molecule has 19 heavy (non-hydrogen) atoms. The van der Waals surface area contributed by atoms with Crippen LogP contribution in [0.5, 0.6) is 0 Å². The summed E-state index contributed by atoms with van der Waals surface area (Å²) < 4.78 is 5.63. The van der Waals surface area contributed by atoms with Crippen LogP contribution in [0.2, 0.25) is 0 Å². The maximum absolute atomic E-state index is 6.20. The Bertz CT molecular complexity index is 227. The molecule has 2 unspecified atom stereocenters. The molecule has 2 atom stereocenters. The van der Waals surface area contributed by atoms with Crippen molar-refractivity contribution in [3.05, 3.63) is 0 Å². The summed E-state index contributed by atoms with van der Waals surface area (Å²) in [5.41, 5.74) is 6.40. The number of rotatable bonds is 9. The molecule has 114 valence electrons. The molecule has 1 aliphatic carbocycles. The maximum atomic E-state index is 6.20. The summed E-state index contributed by atoms with van der Waals surface area (Å²) in [5.74, 6) is 0. The van der Waals surface area contributed by atoms with Gasteiger partial charge in [0.15, 0.2) is 0 Å². The fourth-order valence-corrected chi connectivity index (χ4v) is 3.37. The van der Waals surface area contributed by atoms with E-state index in [2.05, 4.69) is 18.7 Å². The van der Waals surface area contributed by atoms with E-state index in [1.165, 1.54) is 58.0 Å². The van der Waals surface area contributed by atoms with E-state index in [9.17, 15) is 0 Å². The minimum absolute atomic E-state index is 0.198. The molecule has 0 bridgehead atoms. The van der Waals surface area contributed by atoms with Crippen molar-refractivity contribution in [1.82, 2.24) is 4.90 Å². The molecule has 0 aromatic rings. The first kappa shape index (κ1) is 16.9. The van der Waals surface area contributed by atoms with Crippen molar-refractivity contribution in [2.45, 2.75) is 76.9 Å². The van der Waals surface area contributed by atoms with Crippen LogP contribution >= 0.6 is 0 Å². The summed E-state index contributed by atoms with van der Waals surface area (Å²) in [7, 11) is 1.85. The molecular formula is C16H34N2O. The minimum atomic E-state index is 0.198. The fourth-order valence-electron chi connectivity index (χ4n) is 3.37. The van der Waals surface area contributed by atoms with Gasteiger partial charge in [-0.1, -0.05) is 26.7 Å². The van der Waals surface area contributed by atoms with Crippen LogP contribution in [0.1, 0.15) is 65.2 Å². The van der Waals surface area contributed by atoms with Crippen LogP contribution in [0.25, 0.3) is 0 Å². The van der Waals surface area contributed by atoms with Crippen LogP contribution in [-0.2, 0) is 4.74 Å². The third kappa shape index (κ3) is 4.73. The Balaban J connectivity index is 2.73. The highest BCUT2D eigenvalue weighted by atomic mass is 16.5. The fraction of sp³-hybridized carbons (Fsp3) is 1.00. The van der Waals surface area contributed by atoms with Crippen molar-refractivity contribution >= 4 is 0 Å². The van der Waals surface area contributed by atoms with Gasteiger partial charge in [0.05, 0.1) is 6.10 Å². The summed E-state index contributed by atoms with van der Waals surface area (Å²) in [5, 5.41) is 0. The summed E-state index contributed by atoms with van der Waals surface area (Å²) in [6.45, 7) is 7.71. The quantitative estimate of drug-likeness (QED) is 0.699. The smallest absolute Gasteiger partial charge is 0.0589 e. The lowest BCUT2D eigenvalue weighted by atomic mass is 9.78. The SMILES string of the molecule is CCCCN(CCCC)C1(CN)CCCC(OC)C1. The summed E-state index contributed by atoms with van der Waals surface area (Å²) in [6, 6.07) is 0. The van der Waals surface area contributed by atoms with E-state index in [4.69, 9.17) is 10.5 Å². The van der Waals surface area contributed by atoms with Gasteiger partial charge in [-0.3, -0.25) is 4.90 Å². The van der Waals surface area contributed by atoms with Crippen LogP contribution in [0, 0.1) is 0 Å². The predicted octanol–water partition coefficient (Wildman–Crippen LogP) is 3.18. The molecule has 0 spiro atoms. The number of methoxy groups -OCH3 is 1. The lowest BCUT2D eigenvalue weighted by Gasteiger charge is -2.48. The Labute approximate surface area is 119 Å². The first-order valence-electron chi connectivity index (χ1n) is 8.20. The van der Waals surface area contributed by atoms with Crippen molar-refractivity contribution in [2.24, 2.45) is 5.73 Å². The Hall–Kier alpha value is -0.120. The molecule has 0 amide bonds. The van der Waals surface area contributed by atoms with Gasteiger partial charge in [0, 0.05) is 19.2 Å². The van der Waals surface area contributed by atoms with Gasteiger partial charge in [-0.05, 0) is 51.6 Å². The second-order valence-electron chi connectivity index (χ2n) is 6.08. The summed E-state index contributed by atoms with van der Waals surface area (Å²) in [6.07, 6.45) is 10.3. The first-order valence-corrected chi connectivity index (χ1v) is 8.20. The maximum Gasteiger partial charge on any atom is 0.0589 e. The van der Waals surface area contributed by atoms with Gasteiger partial charge in [0.2, 0.25) is 0 Å². The first-order chi connectivity index (χ1) is 9.22. The second kappa shape index (κ2) is 8.93. The molecule has 1 rings (SSSR count). The van der Waals surface area contributed by atoms with Crippen molar-refractivity contribution in [1.29, 1.82) is 0 Å². The molecule has 0 aromatic carbocycles. The molecule has 2 N–H and O–H groups in total. The molecule has 0 radical (unpaired) electrons. The zero-order valence-electron chi connectivity index (χ0n) is 13.3. The Morgan fingerprint density at radius 1 is 1.21 bits per heavy atom. The monoisotopic (exact) mass is 270 g/mol. The van der Waals surface area contributed by atoms with Gasteiger partial charge in [-0.15, -0.1) is 0 Å². The van der Waals surface area contributed by atoms with Gasteiger partial charge >= 0.3 is 0 Å². The van der Waals surface area contributed by atoms with Crippen LogP contribution in [0.15, 0.2) is 0 Å². The van der Waals surface area contributed by atoms with Gasteiger partial charge in [-0.2, -0.15) is 0 Å². The van der Waals surface area contributed by atoms with E-state index < -0.39 is 0 Å². The lowest BCUT2D eigenvalue weighted by molar-refractivity contribution is -0.0231. The van der Waals surface area contributed by atoms with E-state index in [-0.39, 0.29) is 5.54 Å². The molecule has 1 aliphatic rings. The van der Waals surface area contributed by atoms with Gasteiger partial charge in [-0.25, -0.2) is 0 Å². The molecule has 0 heterocycles. The zero-order chi connectivity index (χ0) is 14.1.